The number of halogens is 5. The first-order valence-electron chi connectivity index (χ1n) is 8.24. The monoisotopic (exact) mass is 427 g/mol. The van der Waals surface area contributed by atoms with E-state index in [1.807, 2.05) is 0 Å². The molecule has 0 fully saturated rings. The van der Waals surface area contributed by atoms with Crippen LogP contribution in [0.2, 0.25) is 5.02 Å². The van der Waals surface area contributed by atoms with Crippen LogP contribution in [0.1, 0.15) is 11.1 Å². The van der Waals surface area contributed by atoms with Crippen LogP contribution in [-0.2, 0) is 6.18 Å². The third-order valence-corrected chi connectivity index (χ3v) is 4.51. The van der Waals surface area contributed by atoms with Gasteiger partial charge in [-0.05, 0) is 30.3 Å². The lowest BCUT2D eigenvalue weighted by Gasteiger charge is -2.17. The summed E-state index contributed by atoms with van der Waals surface area (Å²) < 4.78 is 59.6. The van der Waals surface area contributed by atoms with E-state index < -0.39 is 35.2 Å². The fraction of sp³-hybridized carbons (Fsp3) is 0.150. The molecule has 0 atom stereocenters. The number of rotatable bonds is 4. The van der Waals surface area contributed by atoms with Gasteiger partial charge in [-0.2, -0.15) is 13.2 Å². The van der Waals surface area contributed by atoms with Gasteiger partial charge in [0.25, 0.3) is 5.56 Å². The van der Waals surface area contributed by atoms with E-state index in [9.17, 15) is 22.4 Å². The number of hydrogen-bond donors (Lipinski definition) is 2. The highest BCUT2D eigenvalue weighted by atomic mass is 35.5. The number of nitrogens with one attached hydrogen (secondary N) is 1. The van der Waals surface area contributed by atoms with Crippen LogP contribution in [0.4, 0.5) is 17.6 Å². The molecule has 1 heterocycles. The lowest BCUT2D eigenvalue weighted by atomic mass is 9.93. The molecule has 152 valence electrons. The minimum atomic E-state index is -4.73. The minimum absolute atomic E-state index is 0.00204. The van der Waals surface area contributed by atoms with Gasteiger partial charge >= 0.3 is 6.18 Å². The number of aliphatic hydroxyl groups is 1. The van der Waals surface area contributed by atoms with Gasteiger partial charge in [0.2, 0.25) is 0 Å². The normalized spacial score (nSPS) is 12.4. The molecule has 4 nitrogen and oxygen atoms in total. The van der Waals surface area contributed by atoms with Gasteiger partial charge in [0.15, 0.2) is 0 Å². The average Bonchev–Trinajstić information content (AvgIpc) is 2.67. The fourth-order valence-electron chi connectivity index (χ4n) is 3.08. The molecule has 0 saturated heterocycles. The molecule has 0 radical (unpaired) electrons. The van der Waals surface area contributed by atoms with Crippen LogP contribution in [0.25, 0.3) is 28.1 Å². The highest BCUT2D eigenvalue weighted by Gasteiger charge is 2.34. The van der Waals surface area contributed by atoms with E-state index in [1.165, 1.54) is 37.4 Å². The van der Waals surface area contributed by atoms with Crippen LogP contribution in [-0.4, -0.2) is 23.8 Å². The topological polar surface area (TPSA) is 62.3 Å². The van der Waals surface area contributed by atoms with Gasteiger partial charge in [0, 0.05) is 21.5 Å². The van der Waals surface area contributed by atoms with Gasteiger partial charge in [-0.1, -0.05) is 23.7 Å². The van der Waals surface area contributed by atoms with Crippen LogP contribution in [0.3, 0.4) is 0 Å². The summed E-state index contributed by atoms with van der Waals surface area (Å²) in [6.45, 7) is -0.980. The second-order valence-electron chi connectivity index (χ2n) is 6.06. The molecule has 0 saturated carbocycles. The zero-order valence-electron chi connectivity index (χ0n) is 14.9. The standard InChI is InChI=1S/C20H14ClF4NO3/c1-29-16-6-5-10(21)7-13(16)17-12-3-2-4-15(20(23,24)25)18(12)26-19(28)14(17)8-11(22)9-27/h2-8,27H,9H2,1H3,(H,26,28)/b11-8+. The number of alkyl halides is 3. The summed E-state index contributed by atoms with van der Waals surface area (Å²) in [7, 11) is 1.34. The van der Waals surface area contributed by atoms with Gasteiger partial charge in [-0.15, -0.1) is 0 Å². The quantitative estimate of drug-likeness (QED) is 0.564. The van der Waals surface area contributed by atoms with Crippen molar-refractivity contribution >= 4 is 28.6 Å². The van der Waals surface area contributed by atoms with E-state index >= 15 is 0 Å². The predicted molar refractivity (Wildman–Crippen MR) is 103 cm³/mol. The Morgan fingerprint density at radius 3 is 2.62 bits per heavy atom. The fourth-order valence-corrected chi connectivity index (χ4v) is 3.25. The van der Waals surface area contributed by atoms with Crippen LogP contribution in [0.15, 0.2) is 47.0 Å². The Hall–Kier alpha value is -2.84. The van der Waals surface area contributed by atoms with Gasteiger partial charge < -0.3 is 14.8 Å². The van der Waals surface area contributed by atoms with Crippen molar-refractivity contribution in [1.29, 1.82) is 0 Å². The van der Waals surface area contributed by atoms with Crippen molar-refractivity contribution in [2.45, 2.75) is 6.18 Å². The van der Waals surface area contributed by atoms with E-state index in [-0.39, 0.29) is 32.8 Å². The molecule has 0 spiro atoms. The van der Waals surface area contributed by atoms with Gasteiger partial charge in [0.05, 0.1) is 30.4 Å². The highest BCUT2D eigenvalue weighted by molar-refractivity contribution is 6.31. The number of fused-ring (bicyclic) bond motifs is 1. The molecule has 29 heavy (non-hydrogen) atoms. The van der Waals surface area contributed by atoms with Gasteiger partial charge in [0.1, 0.15) is 11.6 Å². The third kappa shape index (κ3) is 3.99. The summed E-state index contributed by atoms with van der Waals surface area (Å²) in [5.41, 5.74) is -2.54. The Balaban J connectivity index is 2.56. The molecule has 0 aliphatic heterocycles. The molecule has 2 aromatic carbocycles. The van der Waals surface area contributed by atoms with Crippen molar-refractivity contribution in [3.63, 3.8) is 0 Å². The summed E-state index contributed by atoms with van der Waals surface area (Å²) in [4.78, 5) is 14.8. The Morgan fingerprint density at radius 1 is 1.28 bits per heavy atom. The number of aromatic nitrogens is 1. The number of aliphatic hydroxyl groups excluding tert-OH is 1. The van der Waals surface area contributed by atoms with E-state index in [1.54, 1.807) is 0 Å². The van der Waals surface area contributed by atoms with Gasteiger partial charge in [-0.3, -0.25) is 4.79 Å². The summed E-state index contributed by atoms with van der Waals surface area (Å²) in [5, 5.41) is 9.25. The first kappa shape index (κ1) is 20.9. The second-order valence-corrected chi connectivity index (χ2v) is 6.50. The largest absolute Gasteiger partial charge is 0.496 e. The molecular weight excluding hydrogens is 414 g/mol. The molecule has 9 heteroatoms. The Labute approximate surface area is 167 Å². The summed E-state index contributed by atoms with van der Waals surface area (Å²) in [6.07, 6.45) is -3.96. The van der Waals surface area contributed by atoms with Crippen molar-refractivity contribution in [3.8, 4) is 16.9 Å². The van der Waals surface area contributed by atoms with Crippen molar-refractivity contribution < 1.29 is 27.4 Å². The van der Waals surface area contributed by atoms with Crippen LogP contribution >= 0.6 is 11.6 Å². The second kappa shape index (κ2) is 7.88. The lowest BCUT2D eigenvalue weighted by molar-refractivity contribution is -0.136. The molecule has 2 N–H and O–H groups in total. The van der Waals surface area contributed by atoms with Crippen LogP contribution < -0.4 is 10.3 Å². The smallest absolute Gasteiger partial charge is 0.418 e. The highest BCUT2D eigenvalue weighted by Crippen LogP contribution is 2.41. The molecule has 1 aromatic heterocycles. The number of hydrogen-bond acceptors (Lipinski definition) is 3. The molecule has 3 rings (SSSR count). The van der Waals surface area contributed by atoms with E-state index in [2.05, 4.69) is 4.98 Å². The Kier molecular flexibility index (Phi) is 5.68. The number of benzene rings is 2. The van der Waals surface area contributed by atoms with E-state index in [0.717, 1.165) is 12.1 Å². The number of aromatic amines is 1. The van der Waals surface area contributed by atoms with Crippen LogP contribution in [0.5, 0.6) is 5.75 Å². The molecule has 0 aliphatic carbocycles. The van der Waals surface area contributed by atoms with Gasteiger partial charge in [-0.25, -0.2) is 4.39 Å². The number of methoxy groups -OCH3 is 1. The third-order valence-electron chi connectivity index (χ3n) is 4.27. The summed E-state index contributed by atoms with van der Waals surface area (Å²) in [6, 6.07) is 7.77. The Morgan fingerprint density at radius 2 is 2.00 bits per heavy atom. The van der Waals surface area contributed by atoms with Crippen LogP contribution in [0, 0.1) is 0 Å². The maximum atomic E-state index is 13.8. The van der Waals surface area contributed by atoms with Crippen molar-refractivity contribution in [3.05, 3.63) is 68.7 Å². The maximum Gasteiger partial charge on any atom is 0.418 e. The van der Waals surface area contributed by atoms with E-state index in [4.69, 9.17) is 21.4 Å². The average molecular weight is 428 g/mol. The molecule has 0 amide bonds. The predicted octanol–water partition coefficient (Wildman–Crippen LogP) is 5.18. The lowest BCUT2D eigenvalue weighted by Crippen LogP contribution is -2.16. The molecule has 0 unspecified atom stereocenters. The molecule has 0 bridgehead atoms. The van der Waals surface area contributed by atoms with Crippen molar-refractivity contribution in [2.24, 2.45) is 0 Å². The number of para-hydroxylation sites is 1. The Bertz CT molecular complexity index is 1170. The zero-order chi connectivity index (χ0) is 21.3. The minimum Gasteiger partial charge on any atom is -0.496 e. The zero-order valence-corrected chi connectivity index (χ0v) is 15.7. The number of pyridine rings is 1. The first-order chi connectivity index (χ1) is 13.7. The molecular formula is C20H14ClF4NO3. The molecule has 3 aromatic rings. The van der Waals surface area contributed by atoms with E-state index in [0.29, 0.717) is 0 Å². The summed E-state index contributed by atoms with van der Waals surface area (Å²) in [5.74, 6) is -0.818. The first-order valence-corrected chi connectivity index (χ1v) is 8.62. The molecule has 0 aliphatic rings. The summed E-state index contributed by atoms with van der Waals surface area (Å²) >= 11 is 6.05. The maximum absolute atomic E-state index is 13.8. The van der Waals surface area contributed by atoms with Crippen molar-refractivity contribution in [2.75, 3.05) is 13.7 Å². The van der Waals surface area contributed by atoms with Crippen molar-refractivity contribution in [1.82, 2.24) is 4.98 Å². The SMILES string of the molecule is COc1ccc(Cl)cc1-c1c(/C=C(/F)CO)c(=O)[nH]c2c(C(F)(F)F)cccc12. The number of ether oxygens (including phenoxy) is 1. The number of H-pyrrole nitrogens is 1.